The zero-order valence-corrected chi connectivity index (χ0v) is 22.2. The Labute approximate surface area is 225 Å². The monoisotopic (exact) mass is 568 g/mol. The quantitative estimate of drug-likeness (QED) is 0.306. The maximum Gasteiger partial charge on any atom is 0.400 e. The normalized spacial score (nSPS) is 25.6. The molecule has 2 heterocycles. The number of rotatable bonds is 6. The van der Waals surface area contributed by atoms with Crippen LogP contribution in [0.3, 0.4) is 0 Å². The van der Waals surface area contributed by atoms with Gasteiger partial charge in [-0.05, 0) is 49.8 Å². The van der Waals surface area contributed by atoms with Crippen LogP contribution in [-0.4, -0.2) is 58.9 Å². The van der Waals surface area contributed by atoms with Crippen LogP contribution in [0.2, 0.25) is 0 Å². The zero-order valence-electron chi connectivity index (χ0n) is 20.6. The highest BCUT2D eigenvalue weighted by molar-refractivity contribution is 7.91. The van der Waals surface area contributed by atoms with Gasteiger partial charge in [0.2, 0.25) is 5.91 Å². The third-order valence-electron chi connectivity index (χ3n) is 7.84. The van der Waals surface area contributed by atoms with Crippen LogP contribution >= 0.6 is 11.3 Å². The van der Waals surface area contributed by atoms with Crippen molar-refractivity contribution in [2.24, 2.45) is 5.92 Å². The van der Waals surface area contributed by atoms with Crippen LogP contribution in [0.4, 0.5) is 23.2 Å². The number of alkyl halides is 4. The van der Waals surface area contributed by atoms with Gasteiger partial charge in [0.1, 0.15) is 34.6 Å². The van der Waals surface area contributed by atoms with E-state index in [1.165, 1.54) is 0 Å². The Hall–Kier alpha value is -2.36. The molecule has 0 spiro atoms. The predicted molar refractivity (Wildman–Crippen MR) is 138 cm³/mol. The van der Waals surface area contributed by atoms with Gasteiger partial charge >= 0.3 is 6.18 Å². The largest absolute Gasteiger partial charge is 0.616 e. The smallest absolute Gasteiger partial charge is 0.400 e. The van der Waals surface area contributed by atoms with E-state index in [0.29, 0.717) is 40.7 Å². The van der Waals surface area contributed by atoms with Crippen molar-refractivity contribution in [3.63, 3.8) is 0 Å². The number of carbonyl (C=O) groups excluding carboxylic acids is 1. The summed E-state index contributed by atoms with van der Waals surface area (Å²) < 4.78 is 68.2. The summed E-state index contributed by atoms with van der Waals surface area (Å²) in [5.74, 6) is -0.669. The Morgan fingerprint density at radius 2 is 1.92 bits per heavy atom. The summed E-state index contributed by atoms with van der Waals surface area (Å²) in [6.07, 6.45) is -5.27. The fraction of sp³-hybridized carbons (Fsp3) is 0.577. The summed E-state index contributed by atoms with van der Waals surface area (Å²) in [6, 6.07) is 9.34. The lowest BCUT2D eigenvalue weighted by Crippen LogP contribution is -2.40. The van der Waals surface area contributed by atoms with Crippen LogP contribution in [-0.2, 0) is 21.4 Å². The molecule has 5 rings (SSSR count). The van der Waals surface area contributed by atoms with E-state index in [4.69, 9.17) is 5.26 Å². The molecular formula is C26H28F4N4O2S2. The van der Waals surface area contributed by atoms with Gasteiger partial charge in [-0.15, -0.1) is 11.3 Å². The number of amides is 1. The van der Waals surface area contributed by atoms with Gasteiger partial charge in [0.15, 0.2) is 0 Å². The number of nitrogens with one attached hydrogen (secondary N) is 1. The molecule has 1 aromatic carbocycles. The van der Waals surface area contributed by atoms with E-state index in [1.54, 1.807) is 0 Å². The Morgan fingerprint density at radius 3 is 2.53 bits per heavy atom. The Morgan fingerprint density at radius 1 is 1.24 bits per heavy atom. The van der Waals surface area contributed by atoms with Gasteiger partial charge in [-0.25, -0.2) is 9.37 Å². The highest BCUT2D eigenvalue weighted by Gasteiger charge is 2.66. The van der Waals surface area contributed by atoms with Crippen molar-refractivity contribution in [3.8, 4) is 16.5 Å². The highest BCUT2D eigenvalue weighted by Crippen LogP contribution is 2.61. The SMILES string of the molecule is N#CCNC(=O)C1C[C@@H](F)CC[C@H]1c1nc(C2(C(F)(F)F)CC2)sc1-c1ccc(N2CC[S+]([O-])CC2)cc1. The van der Waals surface area contributed by atoms with Crippen molar-refractivity contribution in [2.75, 3.05) is 36.0 Å². The lowest BCUT2D eigenvalue weighted by atomic mass is 9.75. The van der Waals surface area contributed by atoms with Crippen molar-refractivity contribution in [2.45, 2.75) is 55.8 Å². The molecular weight excluding hydrogens is 540 g/mol. The van der Waals surface area contributed by atoms with Crippen molar-refractivity contribution in [1.82, 2.24) is 10.3 Å². The van der Waals surface area contributed by atoms with E-state index >= 15 is 0 Å². The van der Waals surface area contributed by atoms with Gasteiger partial charge in [-0.2, -0.15) is 18.4 Å². The number of hydrogen-bond donors (Lipinski definition) is 1. The lowest BCUT2D eigenvalue weighted by molar-refractivity contribution is -0.160. The molecule has 12 heteroatoms. The number of thiazole rings is 1. The van der Waals surface area contributed by atoms with Crippen LogP contribution < -0.4 is 10.2 Å². The van der Waals surface area contributed by atoms with Gasteiger partial charge in [0.05, 0.1) is 29.7 Å². The van der Waals surface area contributed by atoms with E-state index in [1.807, 2.05) is 30.3 Å². The number of benzene rings is 1. The average Bonchev–Trinajstić information content (AvgIpc) is 3.61. The molecule has 2 aromatic rings. The number of aromatic nitrogens is 1. The van der Waals surface area contributed by atoms with Crippen molar-refractivity contribution < 1.29 is 26.9 Å². The number of hydrogen-bond acceptors (Lipinski definition) is 6. The first kappa shape index (κ1) is 27.2. The molecule has 6 nitrogen and oxygen atoms in total. The predicted octanol–water partition coefficient (Wildman–Crippen LogP) is 4.83. The molecule has 2 aliphatic carbocycles. The summed E-state index contributed by atoms with van der Waals surface area (Å²) in [4.78, 5) is 20.1. The molecule has 204 valence electrons. The van der Waals surface area contributed by atoms with E-state index in [-0.39, 0.29) is 43.7 Å². The molecule has 38 heavy (non-hydrogen) atoms. The minimum absolute atomic E-state index is 0.00357. The maximum atomic E-state index is 14.4. The van der Waals surface area contributed by atoms with Crippen LogP contribution in [0, 0.1) is 17.2 Å². The lowest BCUT2D eigenvalue weighted by Gasteiger charge is -2.32. The second kappa shape index (κ2) is 10.7. The minimum Gasteiger partial charge on any atom is -0.616 e. The number of nitrogens with zero attached hydrogens (tertiary/aromatic N) is 3. The summed E-state index contributed by atoms with van der Waals surface area (Å²) in [7, 11) is 0. The number of halogens is 4. The van der Waals surface area contributed by atoms with Crippen molar-refractivity contribution >= 4 is 34.1 Å². The maximum absolute atomic E-state index is 14.4. The molecule has 1 unspecified atom stereocenters. The second-order valence-electron chi connectivity index (χ2n) is 10.2. The molecule has 0 radical (unpaired) electrons. The van der Waals surface area contributed by atoms with Crippen LogP contribution in [0.5, 0.6) is 0 Å². The van der Waals surface area contributed by atoms with Gasteiger partial charge in [0.25, 0.3) is 0 Å². The van der Waals surface area contributed by atoms with Gasteiger partial charge in [-0.3, -0.25) is 4.79 Å². The average molecular weight is 569 g/mol. The third-order valence-corrected chi connectivity index (χ3v) is 10.4. The third kappa shape index (κ3) is 5.25. The number of anilines is 1. The fourth-order valence-electron chi connectivity index (χ4n) is 5.45. The summed E-state index contributed by atoms with van der Waals surface area (Å²) >= 11 is 0.202. The van der Waals surface area contributed by atoms with Crippen molar-refractivity contribution in [1.29, 1.82) is 5.26 Å². The first-order valence-electron chi connectivity index (χ1n) is 12.7. The topological polar surface area (TPSA) is 92.1 Å². The minimum atomic E-state index is -4.43. The number of nitriles is 1. The molecule has 3 fully saturated rings. The molecule has 3 aliphatic rings. The van der Waals surface area contributed by atoms with E-state index in [9.17, 15) is 26.9 Å². The summed E-state index contributed by atoms with van der Waals surface area (Å²) in [5, 5.41) is 11.4. The molecule has 1 N–H and O–H groups in total. The van der Waals surface area contributed by atoms with Crippen LogP contribution in [0.25, 0.3) is 10.4 Å². The van der Waals surface area contributed by atoms with Gasteiger partial charge in [0, 0.05) is 17.5 Å². The van der Waals surface area contributed by atoms with Crippen LogP contribution in [0.1, 0.15) is 48.7 Å². The molecule has 1 amide bonds. The standard InChI is InChI=1S/C26H28F4N4O2S2/c27-17-3-6-19(20(15-17)23(35)32-10-9-31)21-22(37-24(33-21)25(7-8-25)26(28,29)30)16-1-4-18(5-2-16)34-11-13-38(36)14-12-34/h1-2,4-5,17,19-20H,3,6-8,10-15H2,(H,32,35)/t17-,19+,20?/m0/s1. The second-order valence-corrected chi connectivity index (χ2v) is 12.9. The summed E-state index contributed by atoms with van der Waals surface area (Å²) in [5.41, 5.74) is 0.0804. The molecule has 2 saturated carbocycles. The van der Waals surface area contributed by atoms with Gasteiger partial charge < -0.3 is 14.8 Å². The van der Waals surface area contributed by atoms with Crippen LogP contribution in [0.15, 0.2) is 24.3 Å². The van der Waals surface area contributed by atoms with Crippen molar-refractivity contribution in [3.05, 3.63) is 35.0 Å². The Kier molecular flexibility index (Phi) is 7.64. The van der Waals surface area contributed by atoms with E-state index < -0.39 is 46.7 Å². The molecule has 1 aliphatic heterocycles. The first-order chi connectivity index (χ1) is 18.1. The van der Waals surface area contributed by atoms with Gasteiger partial charge in [-0.1, -0.05) is 23.3 Å². The van der Waals surface area contributed by atoms with E-state index in [0.717, 1.165) is 17.0 Å². The molecule has 3 atom stereocenters. The Bertz CT molecular complexity index is 1200. The summed E-state index contributed by atoms with van der Waals surface area (Å²) in [6.45, 7) is 1.11. The first-order valence-corrected chi connectivity index (χ1v) is 15.0. The molecule has 0 bridgehead atoms. The Balaban J connectivity index is 1.52. The molecule has 1 aromatic heterocycles. The molecule has 1 saturated heterocycles. The number of carbonyl (C=O) groups is 1. The highest BCUT2D eigenvalue weighted by atomic mass is 32.2. The fourth-order valence-corrected chi connectivity index (χ4v) is 7.91. The van der Waals surface area contributed by atoms with E-state index in [2.05, 4.69) is 15.2 Å². The zero-order chi connectivity index (χ0) is 27.1.